The van der Waals surface area contributed by atoms with Gasteiger partial charge in [-0.3, -0.25) is 9.59 Å². The third kappa shape index (κ3) is 2.51. The molecule has 1 atom stereocenters. The summed E-state index contributed by atoms with van der Waals surface area (Å²) in [7, 11) is 0. The van der Waals surface area contributed by atoms with Gasteiger partial charge < -0.3 is 0 Å². The largest absolute Gasteiger partial charge is 0.295 e. The molecule has 0 N–H and O–H groups in total. The number of rotatable bonds is 0. The molecule has 2 heteroatoms. The molecule has 0 aliphatic heterocycles. The maximum absolute atomic E-state index is 11.4. The van der Waals surface area contributed by atoms with Gasteiger partial charge in [0.15, 0.2) is 11.6 Å². The van der Waals surface area contributed by atoms with E-state index in [9.17, 15) is 9.59 Å². The van der Waals surface area contributed by atoms with Crippen LogP contribution in [0.25, 0.3) is 0 Å². The van der Waals surface area contributed by atoms with Gasteiger partial charge in [-0.1, -0.05) is 39.3 Å². The Morgan fingerprint density at radius 2 is 1.73 bits per heavy atom. The van der Waals surface area contributed by atoms with Crippen LogP contribution in [-0.4, -0.2) is 11.6 Å². The molecule has 1 unspecified atom stereocenters. The summed E-state index contributed by atoms with van der Waals surface area (Å²) in [6.07, 6.45) is 9.43. The highest BCUT2D eigenvalue weighted by atomic mass is 16.1. The van der Waals surface area contributed by atoms with Crippen LogP contribution in [0.15, 0.2) is 22.8 Å². The van der Waals surface area contributed by atoms with E-state index in [-0.39, 0.29) is 10.8 Å². The van der Waals surface area contributed by atoms with Crippen molar-refractivity contribution in [3.63, 3.8) is 0 Å². The van der Waals surface area contributed by atoms with Crippen LogP contribution >= 0.6 is 0 Å². The molecule has 0 radical (unpaired) electrons. The summed E-state index contributed by atoms with van der Waals surface area (Å²) in [5, 5.41) is 0. The number of fused-ring (bicyclic) bond motifs is 1. The lowest BCUT2D eigenvalue weighted by Gasteiger charge is -2.23. The minimum atomic E-state index is 0.197. The van der Waals surface area contributed by atoms with Crippen LogP contribution in [0.3, 0.4) is 0 Å². The summed E-state index contributed by atoms with van der Waals surface area (Å²) >= 11 is 0. The first-order valence-corrected chi connectivity index (χ1v) is 8.71. The van der Waals surface area contributed by atoms with Crippen molar-refractivity contribution in [1.82, 2.24) is 0 Å². The molecular formula is C20H28O2. The minimum Gasteiger partial charge on any atom is -0.295 e. The molecule has 0 saturated heterocycles. The quantitative estimate of drug-likeness (QED) is 0.644. The minimum absolute atomic E-state index is 0.197. The Morgan fingerprint density at radius 1 is 1.00 bits per heavy atom. The fraction of sp³-hybridized carbons (Fsp3) is 0.700. The zero-order valence-electron chi connectivity index (χ0n) is 14.4. The van der Waals surface area contributed by atoms with E-state index < -0.39 is 0 Å². The van der Waals surface area contributed by atoms with Gasteiger partial charge in [0.2, 0.25) is 0 Å². The summed E-state index contributed by atoms with van der Waals surface area (Å²) in [6, 6.07) is 0. The fourth-order valence-corrected chi connectivity index (χ4v) is 4.88. The summed E-state index contributed by atoms with van der Waals surface area (Å²) in [4.78, 5) is 22.8. The Labute approximate surface area is 134 Å². The van der Waals surface area contributed by atoms with Crippen LogP contribution in [0.1, 0.15) is 72.6 Å². The molecule has 4 rings (SSSR count). The summed E-state index contributed by atoms with van der Waals surface area (Å²) < 4.78 is 0. The lowest BCUT2D eigenvalue weighted by atomic mass is 9.80. The smallest absolute Gasteiger partial charge is 0.159 e. The highest BCUT2D eigenvalue weighted by molar-refractivity contribution is 6.00. The average molecular weight is 300 g/mol. The van der Waals surface area contributed by atoms with Crippen molar-refractivity contribution in [3.05, 3.63) is 22.8 Å². The lowest BCUT2D eigenvalue weighted by Crippen LogP contribution is -2.15. The highest BCUT2D eigenvalue weighted by Gasteiger charge is 2.44. The molecule has 1 saturated carbocycles. The van der Waals surface area contributed by atoms with Crippen molar-refractivity contribution in [2.75, 3.05) is 0 Å². The Balaban J connectivity index is 0.000000131. The second kappa shape index (κ2) is 5.18. The van der Waals surface area contributed by atoms with Gasteiger partial charge in [-0.2, -0.15) is 0 Å². The van der Waals surface area contributed by atoms with E-state index in [0.29, 0.717) is 17.5 Å². The first-order valence-electron chi connectivity index (χ1n) is 8.71. The molecule has 1 fully saturated rings. The monoisotopic (exact) mass is 300 g/mol. The number of allylic oxidation sites excluding steroid dienone is 4. The van der Waals surface area contributed by atoms with Gasteiger partial charge in [0, 0.05) is 12.8 Å². The topological polar surface area (TPSA) is 34.1 Å². The number of ketones is 2. The Morgan fingerprint density at radius 3 is 2.36 bits per heavy atom. The molecular weight excluding hydrogens is 272 g/mol. The van der Waals surface area contributed by atoms with E-state index in [1.807, 2.05) is 0 Å². The average Bonchev–Trinajstić information content (AvgIpc) is 3.12. The van der Waals surface area contributed by atoms with E-state index in [0.717, 1.165) is 31.3 Å². The molecule has 0 aromatic carbocycles. The molecule has 0 aromatic rings. The Kier molecular flexibility index (Phi) is 3.70. The van der Waals surface area contributed by atoms with Crippen LogP contribution < -0.4 is 0 Å². The predicted molar refractivity (Wildman–Crippen MR) is 88.5 cm³/mol. The van der Waals surface area contributed by atoms with E-state index >= 15 is 0 Å². The van der Waals surface area contributed by atoms with Crippen LogP contribution in [0.2, 0.25) is 0 Å². The van der Waals surface area contributed by atoms with E-state index in [1.54, 1.807) is 0 Å². The third-order valence-electron chi connectivity index (χ3n) is 6.05. The molecule has 0 spiro atoms. The Hall–Kier alpha value is -1.18. The summed E-state index contributed by atoms with van der Waals surface area (Å²) in [5.74, 6) is 1.40. The first kappa shape index (κ1) is 15.7. The maximum atomic E-state index is 11.4. The third-order valence-corrected chi connectivity index (χ3v) is 6.05. The van der Waals surface area contributed by atoms with Gasteiger partial charge in [0.1, 0.15) is 0 Å². The molecule has 22 heavy (non-hydrogen) atoms. The number of carbonyl (C=O) groups excluding carboxylic acids is 2. The molecule has 0 aromatic heterocycles. The molecule has 4 aliphatic carbocycles. The molecule has 0 heterocycles. The molecule has 4 aliphatic rings. The number of carbonyl (C=O) groups is 2. The van der Waals surface area contributed by atoms with Crippen LogP contribution in [0.5, 0.6) is 0 Å². The number of Topliss-reactive ketones (excluding diaryl/α,β-unsaturated/α-hetero) is 2. The highest BCUT2D eigenvalue weighted by Crippen LogP contribution is 2.49. The number of hydrogen-bond donors (Lipinski definition) is 0. The molecule has 120 valence electrons. The van der Waals surface area contributed by atoms with Crippen LogP contribution in [0.4, 0.5) is 0 Å². The van der Waals surface area contributed by atoms with Gasteiger partial charge in [0.25, 0.3) is 0 Å². The van der Waals surface area contributed by atoms with Crippen molar-refractivity contribution in [2.24, 2.45) is 16.7 Å². The predicted octanol–water partition coefficient (Wildman–Crippen LogP) is 4.79. The van der Waals surface area contributed by atoms with Gasteiger partial charge in [0.05, 0.1) is 0 Å². The van der Waals surface area contributed by atoms with Crippen molar-refractivity contribution in [1.29, 1.82) is 0 Å². The van der Waals surface area contributed by atoms with Crippen LogP contribution in [0, 0.1) is 16.7 Å². The van der Waals surface area contributed by atoms with Crippen molar-refractivity contribution in [3.8, 4) is 0 Å². The van der Waals surface area contributed by atoms with E-state index in [4.69, 9.17) is 0 Å². The van der Waals surface area contributed by atoms with Crippen molar-refractivity contribution in [2.45, 2.75) is 72.6 Å². The van der Waals surface area contributed by atoms with Gasteiger partial charge >= 0.3 is 0 Å². The fourth-order valence-electron chi connectivity index (χ4n) is 4.88. The van der Waals surface area contributed by atoms with Crippen molar-refractivity contribution >= 4 is 11.6 Å². The zero-order chi connectivity index (χ0) is 16.1. The molecule has 0 bridgehead atoms. The number of hydrogen-bond acceptors (Lipinski definition) is 2. The van der Waals surface area contributed by atoms with E-state index in [1.165, 1.54) is 30.4 Å². The summed E-state index contributed by atoms with van der Waals surface area (Å²) in [6.45, 7) is 8.81. The summed E-state index contributed by atoms with van der Waals surface area (Å²) in [5.41, 5.74) is 4.22. The first-order chi connectivity index (χ1) is 10.2. The maximum Gasteiger partial charge on any atom is 0.159 e. The second-order valence-electron chi connectivity index (χ2n) is 8.67. The zero-order valence-corrected chi connectivity index (χ0v) is 14.4. The molecule has 2 nitrogen and oxygen atoms in total. The van der Waals surface area contributed by atoms with Gasteiger partial charge in [-0.25, -0.2) is 0 Å². The van der Waals surface area contributed by atoms with Gasteiger partial charge in [-0.15, -0.1) is 0 Å². The normalized spacial score (nSPS) is 30.9. The van der Waals surface area contributed by atoms with E-state index in [2.05, 4.69) is 33.8 Å². The van der Waals surface area contributed by atoms with Crippen molar-refractivity contribution < 1.29 is 9.59 Å². The second-order valence-corrected chi connectivity index (χ2v) is 8.67. The molecule has 0 amide bonds. The SMILES string of the molecule is CC1(C)CC(=O)C2=C1CCC2.CC1(C)CC(=O)C2=CCCC21. The van der Waals surface area contributed by atoms with Crippen LogP contribution in [-0.2, 0) is 9.59 Å². The lowest BCUT2D eigenvalue weighted by molar-refractivity contribution is -0.116. The standard InChI is InChI=1S/2C10H14O/c2*1-10(2)6-9(11)7-4-3-5-8(7)10/h3-6H2,1-2H3;4,8H,3,5-6H2,1-2H3. The Bertz CT molecular complexity index is 585. The van der Waals surface area contributed by atoms with Gasteiger partial charge in [-0.05, 0) is 60.0 Å².